The Bertz CT molecular complexity index is 712. The molecule has 0 aromatic heterocycles. The van der Waals surface area contributed by atoms with Crippen LogP contribution in [0.4, 0.5) is 11.4 Å². The minimum absolute atomic E-state index is 0.00969. The van der Waals surface area contributed by atoms with Gasteiger partial charge in [0.05, 0.1) is 0 Å². The highest BCUT2D eigenvalue weighted by Gasteiger charge is 2.18. The monoisotopic (exact) mass is 338 g/mol. The van der Waals surface area contributed by atoms with Crippen molar-refractivity contribution in [2.45, 2.75) is 39.2 Å². The first-order chi connectivity index (χ1) is 12.1. The molecule has 0 bridgehead atoms. The molecule has 3 rings (SSSR count). The van der Waals surface area contributed by atoms with Gasteiger partial charge in [-0.15, -0.1) is 0 Å². The highest BCUT2D eigenvalue weighted by Crippen LogP contribution is 2.25. The number of piperidine rings is 1. The number of anilines is 2. The number of carbonyl (C=O) groups is 1. The topological polar surface area (TPSA) is 41.6 Å². The number of nitrogens with one attached hydrogen (secondary N) is 1. The maximum atomic E-state index is 12.1. The first-order valence-corrected chi connectivity index (χ1v) is 8.98. The van der Waals surface area contributed by atoms with Crippen molar-refractivity contribution in [3.05, 3.63) is 54.1 Å². The van der Waals surface area contributed by atoms with Crippen LogP contribution in [0.5, 0.6) is 5.75 Å². The van der Waals surface area contributed by atoms with Gasteiger partial charge in [-0.25, -0.2) is 0 Å². The van der Waals surface area contributed by atoms with Gasteiger partial charge in [-0.1, -0.05) is 18.2 Å². The highest BCUT2D eigenvalue weighted by molar-refractivity contribution is 5.92. The summed E-state index contributed by atoms with van der Waals surface area (Å²) in [7, 11) is 0. The fraction of sp³-hybridized carbons (Fsp3) is 0.381. The van der Waals surface area contributed by atoms with Crippen LogP contribution in [0.25, 0.3) is 0 Å². The number of amides is 1. The Morgan fingerprint density at radius 3 is 2.64 bits per heavy atom. The van der Waals surface area contributed by atoms with E-state index in [0.29, 0.717) is 6.04 Å². The zero-order valence-corrected chi connectivity index (χ0v) is 15.0. The van der Waals surface area contributed by atoms with E-state index in [1.54, 1.807) is 0 Å². The summed E-state index contributed by atoms with van der Waals surface area (Å²) in [5.41, 5.74) is 3.04. The lowest BCUT2D eigenvalue weighted by molar-refractivity contribution is -0.118. The first kappa shape index (κ1) is 17.3. The van der Waals surface area contributed by atoms with Crippen molar-refractivity contribution in [2.75, 3.05) is 23.4 Å². The van der Waals surface area contributed by atoms with Gasteiger partial charge >= 0.3 is 0 Å². The molecule has 0 spiro atoms. The molecule has 1 amide bonds. The van der Waals surface area contributed by atoms with Gasteiger partial charge in [0.25, 0.3) is 5.91 Å². The summed E-state index contributed by atoms with van der Waals surface area (Å²) in [6, 6.07) is 16.4. The molecule has 1 aliphatic heterocycles. The number of rotatable bonds is 5. The Balaban J connectivity index is 1.54. The van der Waals surface area contributed by atoms with Crippen molar-refractivity contribution >= 4 is 17.3 Å². The summed E-state index contributed by atoms with van der Waals surface area (Å²) < 4.78 is 5.58. The molecule has 0 radical (unpaired) electrons. The van der Waals surface area contributed by atoms with Crippen LogP contribution < -0.4 is 15.0 Å². The summed E-state index contributed by atoms with van der Waals surface area (Å²) >= 11 is 0. The van der Waals surface area contributed by atoms with Crippen LogP contribution in [-0.4, -0.2) is 25.1 Å². The normalized spacial score (nSPS) is 17.2. The molecule has 132 valence electrons. The van der Waals surface area contributed by atoms with Gasteiger partial charge in [-0.2, -0.15) is 0 Å². The van der Waals surface area contributed by atoms with Crippen LogP contribution in [0.2, 0.25) is 0 Å². The molecular formula is C21H26N2O2. The molecule has 2 aromatic carbocycles. The predicted octanol–water partition coefficient (Wildman–Crippen LogP) is 4.39. The first-order valence-electron chi connectivity index (χ1n) is 8.98. The van der Waals surface area contributed by atoms with Gasteiger partial charge in [0, 0.05) is 24.0 Å². The summed E-state index contributed by atoms with van der Waals surface area (Å²) in [5.74, 6) is 0.592. The standard InChI is InChI=1S/C21H26N2O2/c1-16-7-3-4-9-20(16)25-15-21(24)22-18-10-12-19(13-11-18)23-14-6-5-8-17(23)2/h3-4,7,9-13,17H,5-6,8,14-15H2,1-2H3,(H,22,24). The lowest BCUT2D eigenvalue weighted by atomic mass is 10.0. The smallest absolute Gasteiger partial charge is 0.262 e. The van der Waals surface area contributed by atoms with E-state index in [9.17, 15) is 4.79 Å². The Hall–Kier alpha value is -2.49. The Morgan fingerprint density at radius 2 is 1.92 bits per heavy atom. The second kappa shape index (κ2) is 8.06. The van der Waals surface area contributed by atoms with Crippen molar-refractivity contribution in [1.29, 1.82) is 0 Å². The largest absolute Gasteiger partial charge is 0.483 e. The van der Waals surface area contributed by atoms with E-state index in [1.807, 2.05) is 43.3 Å². The van der Waals surface area contributed by atoms with Gasteiger partial charge in [-0.05, 0) is 69.0 Å². The lowest BCUT2D eigenvalue weighted by Gasteiger charge is -2.35. The van der Waals surface area contributed by atoms with Crippen LogP contribution in [-0.2, 0) is 4.79 Å². The molecule has 2 aromatic rings. The molecule has 1 saturated heterocycles. The quantitative estimate of drug-likeness (QED) is 0.879. The van der Waals surface area contributed by atoms with Crippen molar-refractivity contribution < 1.29 is 9.53 Å². The van der Waals surface area contributed by atoms with E-state index in [-0.39, 0.29) is 12.5 Å². The molecule has 1 atom stereocenters. The molecular weight excluding hydrogens is 312 g/mol. The third kappa shape index (κ3) is 4.53. The van der Waals surface area contributed by atoms with Crippen LogP contribution in [0, 0.1) is 6.92 Å². The fourth-order valence-corrected chi connectivity index (χ4v) is 3.28. The molecule has 0 aliphatic carbocycles. The predicted molar refractivity (Wildman–Crippen MR) is 102 cm³/mol. The summed E-state index contributed by atoms with van der Waals surface area (Å²) in [6.07, 6.45) is 3.81. The molecule has 1 heterocycles. The average molecular weight is 338 g/mol. The maximum absolute atomic E-state index is 12.1. The highest BCUT2D eigenvalue weighted by atomic mass is 16.5. The lowest BCUT2D eigenvalue weighted by Crippen LogP contribution is -2.37. The van der Waals surface area contributed by atoms with E-state index in [0.717, 1.165) is 23.5 Å². The third-order valence-electron chi connectivity index (χ3n) is 4.74. The number of carbonyl (C=O) groups excluding carboxylic acids is 1. The van der Waals surface area contributed by atoms with E-state index >= 15 is 0 Å². The minimum Gasteiger partial charge on any atom is -0.483 e. The zero-order chi connectivity index (χ0) is 17.6. The second-order valence-corrected chi connectivity index (χ2v) is 6.69. The summed E-state index contributed by atoms with van der Waals surface area (Å²) in [5, 5.41) is 2.89. The average Bonchev–Trinajstić information content (AvgIpc) is 2.62. The number of hydrogen-bond acceptors (Lipinski definition) is 3. The fourth-order valence-electron chi connectivity index (χ4n) is 3.28. The van der Waals surface area contributed by atoms with Crippen molar-refractivity contribution in [3.63, 3.8) is 0 Å². The maximum Gasteiger partial charge on any atom is 0.262 e. The number of nitrogens with zero attached hydrogens (tertiary/aromatic N) is 1. The van der Waals surface area contributed by atoms with Crippen LogP contribution in [0.3, 0.4) is 0 Å². The van der Waals surface area contributed by atoms with Crippen LogP contribution >= 0.6 is 0 Å². The van der Waals surface area contributed by atoms with E-state index < -0.39 is 0 Å². The van der Waals surface area contributed by atoms with E-state index in [1.165, 1.54) is 24.9 Å². The van der Waals surface area contributed by atoms with Gasteiger partial charge in [0.1, 0.15) is 5.75 Å². The minimum atomic E-state index is -0.151. The molecule has 1 unspecified atom stereocenters. The van der Waals surface area contributed by atoms with Crippen LogP contribution in [0.1, 0.15) is 31.7 Å². The van der Waals surface area contributed by atoms with Gasteiger partial charge in [-0.3, -0.25) is 4.79 Å². The van der Waals surface area contributed by atoms with Crippen molar-refractivity contribution in [3.8, 4) is 5.75 Å². The second-order valence-electron chi connectivity index (χ2n) is 6.69. The van der Waals surface area contributed by atoms with E-state index in [4.69, 9.17) is 4.74 Å². The Labute approximate surface area is 149 Å². The molecule has 0 saturated carbocycles. The molecule has 4 nitrogen and oxygen atoms in total. The number of benzene rings is 2. The molecule has 4 heteroatoms. The Morgan fingerprint density at radius 1 is 1.16 bits per heavy atom. The number of hydrogen-bond donors (Lipinski definition) is 1. The SMILES string of the molecule is Cc1ccccc1OCC(=O)Nc1ccc(N2CCCCC2C)cc1. The number of para-hydroxylation sites is 1. The molecule has 1 fully saturated rings. The molecule has 1 aliphatic rings. The van der Waals surface area contributed by atoms with Crippen molar-refractivity contribution in [1.82, 2.24) is 0 Å². The summed E-state index contributed by atoms with van der Waals surface area (Å²) in [6.45, 7) is 5.36. The number of aryl methyl sites for hydroxylation is 1. The van der Waals surface area contributed by atoms with Gasteiger partial charge in [0.15, 0.2) is 6.61 Å². The Kier molecular flexibility index (Phi) is 5.59. The third-order valence-corrected chi connectivity index (χ3v) is 4.74. The number of ether oxygens (including phenoxy) is 1. The van der Waals surface area contributed by atoms with Gasteiger partial charge < -0.3 is 15.0 Å². The zero-order valence-electron chi connectivity index (χ0n) is 15.0. The molecule has 25 heavy (non-hydrogen) atoms. The van der Waals surface area contributed by atoms with Crippen molar-refractivity contribution in [2.24, 2.45) is 0 Å². The summed E-state index contributed by atoms with van der Waals surface area (Å²) in [4.78, 5) is 14.5. The van der Waals surface area contributed by atoms with Gasteiger partial charge in [0.2, 0.25) is 0 Å². The van der Waals surface area contributed by atoms with E-state index in [2.05, 4.69) is 29.3 Å². The molecule has 1 N–H and O–H groups in total. The van der Waals surface area contributed by atoms with Crippen LogP contribution in [0.15, 0.2) is 48.5 Å².